The zero-order valence-electron chi connectivity index (χ0n) is 9.35. The molecule has 0 aromatic carbocycles. The second-order valence-corrected chi connectivity index (χ2v) is 5.44. The van der Waals surface area contributed by atoms with Crippen LogP contribution in [0.25, 0.3) is 0 Å². The summed E-state index contributed by atoms with van der Waals surface area (Å²) in [4.78, 5) is 0. The van der Waals surface area contributed by atoms with Crippen molar-refractivity contribution < 1.29 is 13.6 Å². The van der Waals surface area contributed by atoms with Gasteiger partial charge >= 0.3 is 0 Å². The first-order chi connectivity index (χ1) is 6.69. The number of hydrogen-bond donors (Lipinski definition) is 3. The molecule has 0 aliphatic rings. The van der Waals surface area contributed by atoms with Crippen LogP contribution in [-0.2, 0) is 10.2 Å². The summed E-state index contributed by atoms with van der Waals surface area (Å²) in [6.45, 7) is 3.28. The van der Waals surface area contributed by atoms with Gasteiger partial charge in [-0.15, -0.1) is 0 Å². The smallest absolute Gasteiger partial charge is 0.279 e. The topological polar surface area (TPSA) is 108 Å². The molecule has 0 heterocycles. The Hall–Kier alpha value is -0.860. The highest BCUT2D eigenvalue weighted by molar-refractivity contribution is 7.87. The van der Waals surface area contributed by atoms with Crippen molar-refractivity contribution in [1.82, 2.24) is 9.03 Å². The Morgan fingerprint density at radius 3 is 2.33 bits per heavy atom. The lowest BCUT2D eigenvalue weighted by Gasteiger charge is -2.29. The first kappa shape index (κ1) is 14.1. The van der Waals surface area contributed by atoms with Crippen LogP contribution >= 0.6 is 0 Å². The van der Waals surface area contributed by atoms with Gasteiger partial charge in [0.1, 0.15) is 0 Å². The van der Waals surface area contributed by atoms with Crippen molar-refractivity contribution in [2.75, 3.05) is 14.1 Å². The molecule has 0 rings (SSSR count). The maximum absolute atomic E-state index is 11.5. The molecule has 0 aromatic rings. The van der Waals surface area contributed by atoms with Crippen molar-refractivity contribution in [2.45, 2.75) is 25.8 Å². The summed E-state index contributed by atoms with van der Waals surface area (Å²) >= 11 is 0. The predicted molar refractivity (Wildman–Crippen MR) is 57.8 cm³/mol. The molecule has 0 fully saturated rings. The van der Waals surface area contributed by atoms with E-state index in [0.717, 1.165) is 4.31 Å². The molecular weight excluding hydrogens is 220 g/mol. The predicted octanol–water partition coefficient (Wildman–Crippen LogP) is -0.702. The molecule has 0 amide bonds. The van der Waals surface area contributed by atoms with E-state index in [1.165, 1.54) is 14.1 Å². The van der Waals surface area contributed by atoms with Gasteiger partial charge in [0.15, 0.2) is 5.84 Å². The average Bonchev–Trinajstić information content (AvgIpc) is 2.15. The molecule has 90 valence electrons. The molecule has 8 heteroatoms. The summed E-state index contributed by atoms with van der Waals surface area (Å²) in [5.41, 5.74) is 4.34. The molecule has 4 N–H and O–H groups in total. The lowest BCUT2D eigenvalue weighted by atomic mass is 10.00. The van der Waals surface area contributed by atoms with Crippen LogP contribution in [0.4, 0.5) is 0 Å². The van der Waals surface area contributed by atoms with Crippen LogP contribution < -0.4 is 10.5 Å². The van der Waals surface area contributed by atoms with Gasteiger partial charge in [0, 0.05) is 14.1 Å². The van der Waals surface area contributed by atoms with E-state index in [9.17, 15) is 8.42 Å². The number of rotatable bonds is 5. The largest absolute Gasteiger partial charge is 0.409 e. The zero-order chi connectivity index (χ0) is 12.3. The third-order valence-electron chi connectivity index (χ3n) is 2.22. The van der Waals surface area contributed by atoms with E-state index in [1.54, 1.807) is 13.8 Å². The Labute approximate surface area is 90.1 Å². The lowest BCUT2D eigenvalue weighted by Crippen LogP contribution is -2.57. The van der Waals surface area contributed by atoms with Gasteiger partial charge in [-0.25, -0.2) is 0 Å². The van der Waals surface area contributed by atoms with Gasteiger partial charge in [0.05, 0.1) is 5.54 Å². The third-order valence-corrected chi connectivity index (χ3v) is 3.89. The zero-order valence-corrected chi connectivity index (χ0v) is 10.2. The van der Waals surface area contributed by atoms with Crippen LogP contribution in [0.15, 0.2) is 5.16 Å². The number of amidine groups is 1. The summed E-state index contributed by atoms with van der Waals surface area (Å²) in [6.07, 6.45) is 0.371. The van der Waals surface area contributed by atoms with Crippen LogP contribution in [0.2, 0.25) is 0 Å². The number of nitrogens with one attached hydrogen (secondary N) is 1. The van der Waals surface area contributed by atoms with E-state index in [-0.39, 0.29) is 5.84 Å². The van der Waals surface area contributed by atoms with Gasteiger partial charge in [-0.1, -0.05) is 12.1 Å². The van der Waals surface area contributed by atoms with Crippen LogP contribution in [0.5, 0.6) is 0 Å². The summed E-state index contributed by atoms with van der Waals surface area (Å²) in [5, 5.41) is 11.4. The monoisotopic (exact) mass is 238 g/mol. The Morgan fingerprint density at radius 1 is 1.60 bits per heavy atom. The molecular formula is C7H18N4O3S. The van der Waals surface area contributed by atoms with Crippen molar-refractivity contribution in [2.24, 2.45) is 10.9 Å². The van der Waals surface area contributed by atoms with Gasteiger partial charge in [0.2, 0.25) is 0 Å². The van der Waals surface area contributed by atoms with Gasteiger partial charge in [-0.3, -0.25) is 0 Å². The second-order valence-electron chi connectivity index (χ2n) is 3.56. The molecule has 0 bridgehead atoms. The number of oxime groups is 1. The van der Waals surface area contributed by atoms with Crippen LogP contribution in [0, 0.1) is 0 Å². The van der Waals surface area contributed by atoms with Crippen molar-refractivity contribution in [1.29, 1.82) is 0 Å². The van der Waals surface area contributed by atoms with E-state index >= 15 is 0 Å². The van der Waals surface area contributed by atoms with E-state index in [4.69, 9.17) is 10.9 Å². The fourth-order valence-corrected chi connectivity index (χ4v) is 1.79. The Kier molecular flexibility index (Phi) is 4.50. The molecule has 0 radical (unpaired) electrons. The normalized spacial score (nSPS) is 17.8. The highest BCUT2D eigenvalue weighted by Crippen LogP contribution is 2.11. The van der Waals surface area contributed by atoms with Gasteiger partial charge < -0.3 is 10.9 Å². The molecule has 0 spiro atoms. The number of nitrogens with zero attached hydrogens (tertiary/aromatic N) is 2. The first-order valence-corrected chi connectivity index (χ1v) is 5.83. The molecule has 0 saturated heterocycles. The van der Waals surface area contributed by atoms with Gasteiger partial charge in [-0.05, 0) is 13.3 Å². The van der Waals surface area contributed by atoms with Crippen LogP contribution in [0.3, 0.4) is 0 Å². The maximum atomic E-state index is 11.5. The minimum absolute atomic E-state index is 0.171. The van der Waals surface area contributed by atoms with Gasteiger partial charge in [0.25, 0.3) is 10.2 Å². The van der Waals surface area contributed by atoms with E-state index < -0.39 is 15.7 Å². The fourth-order valence-electron chi connectivity index (χ4n) is 0.792. The summed E-state index contributed by atoms with van der Waals surface area (Å²) in [6, 6.07) is 0. The maximum Gasteiger partial charge on any atom is 0.279 e. The van der Waals surface area contributed by atoms with E-state index in [0.29, 0.717) is 6.42 Å². The SMILES string of the molecule is CCC(C)(NS(=O)(=O)N(C)C)/C(N)=N/O. The summed E-state index contributed by atoms with van der Waals surface area (Å²) in [7, 11) is -0.825. The highest BCUT2D eigenvalue weighted by atomic mass is 32.2. The molecule has 1 unspecified atom stereocenters. The van der Waals surface area contributed by atoms with Crippen molar-refractivity contribution in [3.63, 3.8) is 0 Å². The van der Waals surface area contributed by atoms with Crippen LogP contribution in [0.1, 0.15) is 20.3 Å². The quantitative estimate of drug-likeness (QED) is 0.254. The minimum atomic E-state index is -3.61. The molecule has 15 heavy (non-hydrogen) atoms. The minimum Gasteiger partial charge on any atom is -0.409 e. The lowest BCUT2D eigenvalue weighted by molar-refractivity contribution is 0.310. The molecule has 1 atom stereocenters. The van der Waals surface area contributed by atoms with Gasteiger partial charge in [-0.2, -0.15) is 17.4 Å². The van der Waals surface area contributed by atoms with Crippen molar-refractivity contribution >= 4 is 16.0 Å². The van der Waals surface area contributed by atoms with Crippen LogP contribution in [-0.4, -0.2) is 43.4 Å². The molecule has 0 aliphatic heterocycles. The number of hydrogen-bond acceptors (Lipinski definition) is 4. The Bertz CT molecular complexity index is 338. The Morgan fingerprint density at radius 2 is 2.07 bits per heavy atom. The van der Waals surface area contributed by atoms with E-state index in [2.05, 4.69) is 9.88 Å². The molecule has 0 aliphatic carbocycles. The van der Waals surface area contributed by atoms with E-state index in [1.807, 2.05) is 0 Å². The molecule has 0 aromatic heterocycles. The summed E-state index contributed by atoms with van der Waals surface area (Å²) in [5.74, 6) is -0.171. The number of nitrogens with two attached hydrogens (primary N) is 1. The average molecular weight is 238 g/mol. The highest BCUT2D eigenvalue weighted by Gasteiger charge is 2.33. The van der Waals surface area contributed by atoms with Crippen molar-refractivity contribution in [3.05, 3.63) is 0 Å². The molecule has 7 nitrogen and oxygen atoms in total. The van der Waals surface area contributed by atoms with Crippen molar-refractivity contribution in [3.8, 4) is 0 Å². The summed E-state index contributed by atoms with van der Waals surface area (Å²) < 4.78 is 26.5. The third kappa shape index (κ3) is 3.33. The fraction of sp³-hybridized carbons (Fsp3) is 0.857. The Balaban J connectivity index is 5.06. The molecule has 0 saturated carbocycles. The first-order valence-electron chi connectivity index (χ1n) is 4.39. The second kappa shape index (κ2) is 4.77. The standard InChI is InChI=1S/C7H18N4O3S/c1-5-7(2,6(8)9-12)10-15(13,14)11(3)4/h10,12H,5H2,1-4H3,(H2,8,9).